The fourth-order valence-corrected chi connectivity index (χ4v) is 2.43. The van der Waals surface area contributed by atoms with Gasteiger partial charge in [0.2, 0.25) is 5.91 Å². The average Bonchev–Trinajstić information content (AvgIpc) is 2.37. The fraction of sp³-hybridized carbons (Fsp3) is 0.500. The van der Waals surface area contributed by atoms with E-state index >= 15 is 0 Å². The summed E-state index contributed by atoms with van der Waals surface area (Å²) in [6.07, 6.45) is 1.92. The minimum Gasteiger partial charge on any atom is -0.375 e. The molecule has 2 N–H and O–H groups in total. The number of para-hydroxylation sites is 1. The van der Waals surface area contributed by atoms with Gasteiger partial charge in [0.15, 0.2) is 0 Å². The molecule has 0 aliphatic rings. The van der Waals surface area contributed by atoms with Crippen LogP contribution in [0.4, 0.5) is 14.5 Å². The topological polar surface area (TPSA) is 41.1 Å². The third-order valence-electron chi connectivity index (χ3n) is 2.67. The van der Waals surface area contributed by atoms with E-state index in [-0.39, 0.29) is 18.5 Å². The zero-order chi connectivity index (χ0) is 15.0. The number of hydrogen-bond donors (Lipinski definition) is 2. The van der Waals surface area contributed by atoms with Crippen LogP contribution in [0.15, 0.2) is 29.2 Å². The van der Waals surface area contributed by atoms with Gasteiger partial charge in [-0.15, -0.1) is 0 Å². The van der Waals surface area contributed by atoms with Gasteiger partial charge in [-0.05, 0) is 25.5 Å². The van der Waals surface area contributed by atoms with Gasteiger partial charge in [0.1, 0.15) is 0 Å². The van der Waals surface area contributed by atoms with Gasteiger partial charge in [0.25, 0.3) is 5.76 Å². The van der Waals surface area contributed by atoms with Crippen LogP contribution in [0.25, 0.3) is 0 Å². The maximum Gasteiger partial charge on any atom is 0.288 e. The molecule has 1 unspecified atom stereocenters. The molecule has 0 aromatic heterocycles. The van der Waals surface area contributed by atoms with Crippen molar-refractivity contribution in [3.05, 3.63) is 24.3 Å². The molecule has 0 aliphatic heterocycles. The molecule has 0 radical (unpaired) electrons. The van der Waals surface area contributed by atoms with Crippen LogP contribution in [0.5, 0.6) is 0 Å². The molecule has 1 aromatic rings. The number of amides is 1. The minimum atomic E-state index is -2.48. The second-order valence-electron chi connectivity index (χ2n) is 4.49. The van der Waals surface area contributed by atoms with Crippen LogP contribution in [0, 0.1) is 0 Å². The highest BCUT2D eigenvalue weighted by Gasteiger charge is 2.11. The van der Waals surface area contributed by atoms with Crippen molar-refractivity contribution in [2.75, 3.05) is 11.9 Å². The molecule has 1 rings (SSSR count). The van der Waals surface area contributed by atoms with Crippen molar-refractivity contribution in [3.8, 4) is 0 Å². The quantitative estimate of drug-likeness (QED) is 0.719. The third kappa shape index (κ3) is 6.23. The van der Waals surface area contributed by atoms with Crippen LogP contribution in [-0.2, 0) is 4.79 Å². The zero-order valence-corrected chi connectivity index (χ0v) is 12.5. The summed E-state index contributed by atoms with van der Waals surface area (Å²) < 4.78 is 24.8. The van der Waals surface area contributed by atoms with Gasteiger partial charge >= 0.3 is 0 Å². The lowest BCUT2D eigenvalue weighted by molar-refractivity contribution is -0.120. The summed E-state index contributed by atoms with van der Waals surface area (Å²) in [4.78, 5) is 12.1. The van der Waals surface area contributed by atoms with Crippen molar-refractivity contribution in [1.29, 1.82) is 0 Å². The van der Waals surface area contributed by atoms with E-state index in [2.05, 4.69) is 17.6 Å². The normalized spacial score (nSPS) is 12.2. The summed E-state index contributed by atoms with van der Waals surface area (Å²) in [7, 11) is 0. The number of nitrogens with one attached hydrogen (secondary N) is 2. The van der Waals surface area contributed by atoms with E-state index in [0.717, 1.165) is 12.8 Å². The number of thioether (sulfide) groups is 1. The summed E-state index contributed by atoms with van der Waals surface area (Å²) in [5.41, 5.74) is 0.552. The van der Waals surface area contributed by atoms with E-state index < -0.39 is 5.76 Å². The number of rotatable bonds is 8. The lowest BCUT2D eigenvalue weighted by Crippen LogP contribution is -2.36. The summed E-state index contributed by atoms with van der Waals surface area (Å²) in [5.74, 6) is -2.61. The van der Waals surface area contributed by atoms with Gasteiger partial charge in [-0.25, -0.2) is 0 Å². The molecule has 20 heavy (non-hydrogen) atoms. The summed E-state index contributed by atoms with van der Waals surface area (Å²) in [6.45, 7) is 4.08. The predicted molar refractivity (Wildman–Crippen MR) is 79.3 cm³/mol. The predicted octanol–water partition coefficient (Wildman–Crippen LogP) is 3.72. The lowest BCUT2D eigenvalue weighted by atomic mass is 10.2. The Morgan fingerprint density at radius 2 is 2.05 bits per heavy atom. The van der Waals surface area contributed by atoms with E-state index in [9.17, 15) is 13.6 Å². The molecule has 1 aromatic carbocycles. The molecule has 0 saturated carbocycles. The highest BCUT2D eigenvalue weighted by Crippen LogP contribution is 2.31. The molecule has 0 saturated heterocycles. The second-order valence-corrected chi connectivity index (χ2v) is 5.52. The number of anilines is 1. The Labute approximate surface area is 122 Å². The molecule has 1 amide bonds. The average molecular weight is 302 g/mol. The van der Waals surface area contributed by atoms with Crippen LogP contribution >= 0.6 is 11.8 Å². The first-order valence-corrected chi connectivity index (χ1v) is 7.48. The number of halogens is 2. The standard InChI is InChI=1S/C14H20F2N2OS/c1-3-6-10(2)18-13(19)9-17-11-7-4-5-8-12(11)20-14(15)16/h4-5,7-8,10,14,17H,3,6,9H2,1-2H3,(H,18,19). The van der Waals surface area contributed by atoms with Crippen molar-refractivity contribution in [3.63, 3.8) is 0 Å². The van der Waals surface area contributed by atoms with Crippen molar-refractivity contribution < 1.29 is 13.6 Å². The Kier molecular flexibility index (Phi) is 7.36. The maximum absolute atomic E-state index is 12.4. The number of benzene rings is 1. The zero-order valence-electron chi connectivity index (χ0n) is 11.7. The summed E-state index contributed by atoms with van der Waals surface area (Å²) >= 11 is 0.471. The molecule has 1 atom stereocenters. The smallest absolute Gasteiger partial charge is 0.288 e. The Morgan fingerprint density at radius 1 is 1.35 bits per heavy atom. The first kappa shape index (κ1) is 16.8. The number of carbonyl (C=O) groups is 1. The fourth-order valence-electron chi connectivity index (χ4n) is 1.82. The Balaban J connectivity index is 2.50. The molecule has 0 spiro atoms. The monoisotopic (exact) mass is 302 g/mol. The molecule has 112 valence electrons. The first-order valence-electron chi connectivity index (χ1n) is 6.60. The SMILES string of the molecule is CCCC(C)NC(=O)CNc1ccccc1SC(F)F. The molecule has 0 heterocycles. The van der Waals surface area contributed by atoms with E-state index in [1.165, 1.54) is 0 Å². The Hall–Kier alpha value is -1.30. The molecule has 0 bridgehead atoms. The summed E-state index contributed by atoms with van der Waals surface area (Å²) in [5, 5.41) is 5.75. The molecule has 0 aliphatic carbocycles. The van der Waals surface area contributed by atoms with E-state index in [1.54, 1.807) is 24.3 Å². The minimum absolute atomic E-state index is 0.0782. The van der Waals surface area contributed by atoms with Crippen LogP contribution < -0.4 is 10.6 Å². The molecular formula is C14H20F2N2OS. The Bertz CT molecular complexity index is 429. The van der Waals surface area contributed by atoms with Gasteiger partial charge in [-0.3, -0.25) is 4.79 Å². The van der Waals surface area contributed by atoms with Gasteiger partial charge in [-0.1, -0.05) is 37.2 Å². The van der Waals surface area contributed by atoms with Crippen LogP contribution in [-0.4, -0.2) is 24.3 Å². The van der Waals surface area contributed by atoms with Gasteiger partial charge in [0, 0.05) is 16.6 Å². The third-order valence-corrected chi connectivity index (χ3v) is 3.46. The number of carbonyl (C=O) groups excluding carboxylic acids is 1. The summed E-state index contributed by atoms with van der Waals surface area (Å²) in [6, 6.07) is 6.86. The van der Waals surface area contributed by atoms with Crippen molar-refractivity contribution in [1.82, 2.24) is 5.32 Å². The largest absolute Gasteiger partial charge is 0.375 e. The molecule has 6 heteroatoms. The van der Waals surface area contributed by atoms with Gasteiger partial charge in [0.05, 0.1) is 6.54 Å². The van der Waals surface area contributed by atoms with Crippen LogP contribution in [0.1, 0.15) is 26.7 Å². The van der Waals surface area contributed by atoms with E-state index in [4.69, 9.17) is 0 Å². The maximum atomic E-state index is 12.4. The number of alkyl halides is 2. The first-order chi connectivity index (χ1) is 9.52. The van der Waals surface area contributed by atoms with Gasteiger partial charge in [-0.2, -0.15) is 8.78 Å². The van der Waals surface area contributed by atoms with Crippen molar-refractivity contribution in [2.24, 2.45) is 0 Å². The molecule has 0 fully saturated rings. The second kappa shape index (κ2) is 8.79. The van der Waals surface area contributed by atoms with Crippen molar-refractivity contribution in [2.45, 2.75) is 43.4 Å². The molecule has 3 nitrogen and oxygen atoms in total. The van der Waals surface area contributed by atoms with Crippen LogP contribution in [0.2, 0.25) is 0 Å². The van der Waals surface area contributed by atoms with E-state index in [1.807, 2.05) is 6.92 Å². The highest BCUT2D eigenvalue weighted by atomic mass is 32.2. The lowest BCUT2D eigenvalue weighted by Gasteiger charge is -2.14. The number of hydrogen-bond acceptors (Lipinski definition) is 3. The van der Waals surface area contributed by atoms with Crippen molar-refractivity contribution >= 4 is 23.4 Å². The highest BCUT2D eigenvalue weighted by molar-refractivity contribution is 7.99. The van der Waals surface area contributed by atoms with E-state index in [0.29, 0.717) is 22.3 Å². The Morgan fingerprint density at radius 3 is 2.70 bits per heavy atom. The van der Waals surface area contributed by atoms with Crippen LogP contribution in [0.3, 0.4) is 0 Å². The molecular weight excluding hydrogens is 282 g/mol. The van der Waals surface area contributed by atoms with Gasteiger partial charge < -0.3 is 10.6 Å².